The standard InChI is InChI=1S/C17H29N3O2/c1-13(18-5)6-10-19-14-7-11-20(17(12-14)8-9-17)15(21)22-16(2,3)4/h6,10,14,18-19H,1,7-9,11-12H2,2-5H3/b10-6-. The second kappa shape index (κ2) is 6.23. The predicted octanol–water partition coefficient (Wildman–Crippen LogP) is 2.75. The fraction of sp³-hybridized carbons (Fsp3) is 0.706. The van der Waals surface area contributed by atoms with Gasteiger partial charge in [-0.25, -0.2) is 4.79 Å². The van der Waals surface area contributed by atoms with Crippen molar-refractivity contribution >= 4 is 6.09 Å². The van der Waals surface area contributed by atoms with Gasteiger partial charge in [0.05, 0.1) is 0 Å². The molecule has 1 amide bonds. The zero-order chi connectivity index (χ0) is 16.4. The number of allylic oxidation sites excluding steroid dienone is 1. The quantitative estimate of drug-likeness (QED) is 0.784. The summed E-state index contributed by atoms with van der Waals surface area (Å²) in [6.07, 6.45) is 7.81. The number of likely N-dealkylation sites (N-methyl/N-ethyl adjacent to an activating group) is 1. The molecule has 0 bridgehead atoms. The summed E-state index contributed by atoms with van der Waals surface area (Å²) in [5, 5.41) is 6.41. The minimum absolute atomic E-state index is 0.0199. The third-order valence-electron chi connectivity index (χ3n) is 4.28. The first-order chi connectivity index (χ1) is 10.3. The Morgan fingerprint density at radius 1 is 1.41 bits per heavy atom. The molecule has 5 heteroatoms. The van der Waals surface area contributed by atoms with Crippen LogP contribution in [0.4, 0.5) is 4.79 Å². The number of piperidine rings is 1. The van der Waals surface area contributed by atoms with Crippen molar-refractivity contribution in [1.29, 1.82) is 0 Å². The van der Waals surface area contributed by atoms with Crippen LogP contribution in [0.1, 0.15) is 46.5 Å². The summed E-state index contributed by atoms with van der Waals surface area (Å²) in [4.78, 5) is 14.3. The SMILES string of the molecule is C=C(/C=C\NC1CCN(C(=O)OC(C)(C)C)C2(CC2)C1)NC. The molecule has 1 saturated carbocycles. The highest BCUT2D eigenvalue weighted by molar-refractivity contribution is 5.70. The van der Waals surface area contributed by atoms with E-state index in [1.165, 1.54) is 0 Å². The molecule has 1 spiro atoms. The van der Waals surface area contributed by atoms with Crippen LogP contribution >= 0.6 is 0 Å². The number of carbonyl (C=O) groups excluding carboxylic acids is 1. The number of carbonyl (C=O) groups is 1. The van der Waals surface area contributed by atoms with Gasteiger partial charge in [-0.2, -0.15) is 0 Å². The fourth-order valence-electron chi connectivity index (χ4n) is 2.92. The highest BCUT2D eigenvalue weighted by atomic mass is 16.6. The number of nitrogens with zero attached hydrogens (tertiary/aromatic N) is 1. The zero-order valence-corrected chi connectivity index (χ0v) is 14.2. The molecular formula is C17H29N3O2. The number of nitrogens with one attached hydrogen (secondary N) is 2. The second-order valence-electron chi connectivity index (χ2n) is 7.32. The molecule has 1 heterocycles. The third kappa shape index (κ3) is 4.18. The Morgan fingerprint density at radius 3 is 2.64 bits per heavy atom. The monoisotopic (exact) mass is 307 g/mol. The molecule has 0 aromatic carbocycles. The van der Waals surface area contributed by atoms with E-state index < -0.39 is 5.60 Å². The maximum absolute atomic E-state index is 12.4. The zero-order valence-electron chi connectivity index (χ0n) is 14.2. The van der Waals surface area contributed by atoms with E-state index in [0.717, 1.165) is 37.9 Å². The van der Waals surface area contributed by atoms with Gasteiger partial charge in [0.15, 0.2) is 0 Å². The van der Waals surface area contributed by atoms with Gasteiger partial charge >= 0.3 is 6.09 Å². The second-order valence-corrected chi connectivity index (χ2v) is 7.32. The van der Waals surface area contributed by atoms with Crippen LogP contribution in [-0.2, 0) is 4.74 Å². The molecule has 1 saturated heterocycles. The van der Waals surface area contributed by atoms with Crippen molar-refractivity contribution in [3.63, 3.8) is 0 Å². The molecule has 0 aromatic heterocycles. The van der Waals surface area contributed by atoms with E-state index in [1.807, 2.05) is 45.0 Å². The van der Waals surface area contributed by atoms with Crippen LogP contribution in [-0.4, -0.2) is 41.8 Å². The summed E-state index contributed by atoms with van der Waals surface area (Å²) in [7, 11) is 1.85. The van der Waals surface area contributed by atoms with E-state index in [1.54, 1.807) is 0 Å². The van der Waals surface area contributed by atoms with Crippen molar-refractivity contribution < 1.29 is 9.53 Å². The van der Waals surface area contributed by atoms with Gasteiger partial charge in [-0.05, 0) is 58.7 Å². The highest BCUT2D eigenvalue weighted by Gasteiger charge is 2.54. The minimum atomic E-state index is -0.432. The van der Waals surface area contributed by atoms with Gasteiger partial charge in [-0.3, -0.25) is 0 Å². The van der Waals surface area contributed by atoms with Gasteiger partial charge in [-0.1, -0.05) is 6.58 Å². The van der Waals surface area contributed by atoms with Crippen molar-refractivity contribution in [2.45, 2.75) is 63.6 Å². The maximum Gasteiger partial charge on any atom is 0.410 e. The van der Waals surface area contributed by atoms with Crippen molar-refractivity contribution in [2.75, 3.05) is 13.6 Å². The molecular weight excluding hydrogens is 278 g/mol. The Bertz CT molecular complexity index is 461. The van der Waals surface area contributed by atoms with Crippen LogP contribution in [0.3, 0.4) is 0 Å². The Kier molecular flexibility index (Phi) is 4.73. The average molecular weight is 307 g/mol. The summed E-state index contributed by atoms with van der Waals surface area (Å²) < 4.78 is 5.55. The largest absolute Gasteiger partial charge is 0.444 e. The summed E-state index contributed by atoms with van der Waals surface area (Å²) in [6.45, 7) is 10.4. The molecule has 1 aliphatic heterocycles. The fourth-order valence-corrected chi connectivity index (χ4v) is 2.92. The maximum atomic E-state index is 12.4. The molecule has 5 nitrogen and oxygen atoms in total. The van der Waals surface area contributed by atoms with E-state index in [0.29, 0.717) is 6.04 Å². The van der Waals surface area contributed by atoms with Crippen molar-refractivity contribution in [2.24, 2.45) is 0 Å². The molecule has 2 aliphatic rings. The predicted molar refractivity (Wildman–Crippen MR) is 88.4 cm³/mol. The number of rotatable bonds is 4. The van der Waals surface area contributed by atoms with Crippen molar-refractivity contribution in [1.82, 2.24) is 15.5 Å². The molecule has 1 atom stereocenters. The van der Waals surface area contributed by atoms with E-state index >= 15 is 0 Å². The van der Waals surface area contributed by atoms with Crippen molar-refractivity contribution in [3.05, 3.63) is 24.6 Å². The van der Waals surface area contributed by atoms with Gasteiger partial charge in [0.2, 0.25) is 0 Å². The van der Waals surface area contributed by atoms with Crippen LogP contribution in [0.2, 0.25) is 0 Å². The first-order valence-corrected chi connectivity index (χ1v) is 8.06. The Morgan fingerprint density at radius 2 is 2.09 bits per heavy atom. The highest BCUT2D eigenvalue weighted by Crippen LogP contribution is 2.48. The normalized spacial score (nSPS) is 23.5. The number of hydrogen-bond acceptors (Lipinski definition) is 4. The van der Waals surface area contributed by atoms with E-state index in [9.17, 15) is 4.79 Å². The molecule has 22 heavy (non-hydrogen) atoms. The van der Waals surface area contributed by atoms with Crippen molar-refractivity contribution in [3.8, 4) is 0 Å². The third-order valence-corrected chi connectivity index (χ3v) is 4.28. The molecule has 124 valence electrons. The van der Waals surface area contributed by atoms with Gasteiger partial charge in [-0.15, -0.1) is 0 Å². The van der Waals surface area contributed by atoms with E-state index in [-0.39, 0.29) is 11.6 Å². The first kappa shape index (κ1) is 16.7. The molecule has 1 aliphatic carbocycles. The molecule has 0 radical (unpaired) electrons. The topological polar surface area (TPSA) is 53.6 Å². The lowest BCUT2D eigenvalue weighted by atomic mass is 9.95. The number of likely N-dealkylation sites (tertiary alicyclic amines) is 1. The number of hydrogen-bond donors (Lipinski definition) is 2. The molecule has 2 N–H and O–H groups in total. The lowest BCUT2D eigenvalue weighted by molar-refractivity contribution is 0.00310. The lowest BCUT2D eigenvalue weighted by Gasteiger charge is -2.40. The number of amides is 1. The summed E-state index contributed by atoms with van der Waals surface area (Å²) in [6, 6.07) is 0.405. The Balaban J connectivity index is 1.89. The summed E-state index contributed by atoms with van der Waals surface area (Å²) in [5.74, 6) is 0. The van der Waals surface area contributed by atoms with Crippen LogP contribution in [0.15, 0.2) is 24.6 Å². The lowest BCUT2D eigenvalue weighted by Crippen LogP contribution is -2.53. The smallest absolute Gasteiger partial charge is 0.410 e. The van der Waals surface area contributed by atoms with Gasteiger partial charge in [0.25, 0.3) is 0 Å². The average Bonchev–Trinajstić information content (AvgIpc) is 3.16. The summed E-state index contributed by atoms with van der Waals surface area (Å²) in [5.41, 5.74) is 0.463. The molecule has 2 rings (SSSR count). The first-order valence-electron chi connectivity index (χ1n) is 8.06. The van der Waals surface area contributed by atoms with Crippen LogP contribution in [0.25, 0.3) is 0 Å². The molecule has 1 unspecified atom stereocenters. The Hall–Kier alpha value is -1.65. The Labute approximate surface area is 133 Å². The summed E-state index contributed by atoms with van der Waals surface area (Å²) >= 11 is 0. The van der Waals surface area contributed by atoms with Gasteiger partial charge in [0.1, 0.15) is 5.60 Å². The van der Waals surface area contributed by atoms with Gasteiger partial charge < -0.3 is 20.3 Å². The van der Waals surface area contributed by atoms with E-state index in [2.05, 4.69) is 17.2 Å². The minimum Gasteiger partial charge on any atom is -0.444 e. The number of ether oxygens (including phenoxy) is 1. The van der Waals surface area contributed by atoms with E-state index in [4.69, 9.17) is 4.74 Å². The van der Waals surface area contributed by atoms with Crippen LogP contribution in [0, 0.1) is 0 Å². The van der Waals surface area contributed by atoms with Crippen LogP contribution < -0.4 is 10.6 Å². The van der Waals surface area contributed by atoms with Gasteiger partial charge in [0, 0.05) is 30.9 Å². The molecule has 0 aromatic rings. The van der Waals surface area contributed by atoms with Crippen LogP contribution in [0.5, 0.6) is 0 Å². The molecule has 2 fully saturated rings.